The first kappa shape index (κ1) is 23.5. The minimum Gasteiger partial charge on any atom is -0.425 e. The van der Waals surface area contributed by atoms with E-state index in [1.54, 1.807) is 54.6 Å². The second-order valence-electron chi connectivity index (χ2n) is 6.77. The van der Waals surface area contributed by atoms with Gasteiger partial charge in [0, 0.05) is 17.7 Å². The predicted octanol–water partition coefficient (Wildman–Crippen LogP) is 6.32. The fourth-order valence-corrected chi connectivity index (χ4v) is 7.59. The number of nitrogens with zero attached hydrogens (tertiary/aromatic N) is 2. The lowest BCUT2D eigenvalue weighted by atomic mass is 10.1. The maximum Gasteiger partial charge on any atom is 0.338 e. The van der Waals surface area contributed by atoms with Crippen molar-refractivity contribution in [1.82, 2.24) is 0 Å². The molecule has 3 aromatic carbocycles. The lowest BCUT2D eigenvalue weighted by molar-refractivity contribution is -0.387. The van der Waals surface area contributed by atoms with E-state index in [2.05, 4.69) is 0 Å². The molecule has 0 fully saturated rings. The highest BCUT2D eigenvalue weighted by atomic mass is 32.7. The minimum atomic E-state index is -3.92. The molecule has 0 radical (unpaired) electrons. The predicted molar refractivity (Wildman–Crippen MR) is 125 cm³/mol. The summed E-state index contributed by atoms with van der Waals surface area (Å²) in [6.45, 7) is -0.270. The van der Waals surface area contributed by atoms with Gasteiger partial charge in [0.25, 0.3) is 5.69 Å². The molecule has 0 spiro atoms. The van der Waals surface area contributed by atoms with Crippen LogP contribution in [0.5, 0.6) is 5.75 Å². The van der Waals surface area contributed by atoms with Crippen molar-refractivity contribution in [3.63, 3.8) is 0 Å². The van der Waals surface area contributed by atoms with Crippen molar-refractivity contribution in [2.24, 2.45) is 0 Å². The fraction of sp³-hybridized carbons (Fsp3) is 0.182. The third-order valence-electron chi connectivity index (χ3n) is 4.80. The van der Waals surface area contributed by atoms with E-state index in [1.807, 2.05) is 13.8 Å². The average molecular weight is 472 g/mol. The molecule has 0 N–H and O–H groups in total. The molecule has 8 nitrogen and oxygen atoms in total. The largest absolute Gasteiger partial charge is 0.425 e. The molecule has 0 aliphatic heterocycles. The van der Waals surface area contributed by atoms with Crippen LogP contribution in [0.1, 0.15) is 25.0 Å². The van der Waals surface area contributed by atoms with E-state index in [0.717, 1.165) is 11.4 Å². The summed E-state index contributed by atoms with van der Waals surface area (Å²) in [5.41, 5.74) is 0.670. The normalized spacial score (nSPS) is 12.7. The van der Waals surface area contributed by atoms with Crippen LogP contribution >= 0.6 is 18.0 Å². The van der Waals surface area contributed by atoms with E-state index >= 15 is 0 Å². The van der Waals surface area contributed by atoms with Crippen LogP contribution in [0.2, 0.25) is 0 Å². The van der Waals surface area contributed by atoms with E-state index in [0.29, 0.717) is 29.3 Å². The van der Waals surface area contributed by atoms with Crippen molar-refractivity contribution in [2.75, 3.05) is 0 Å². The van der Waals surface area contributed by atoms with E-state index in [-0.39, 0.29) is 22.0 Å². The van der Waals surface area contributed by atoms with E-state index in [9.17, 15) is 24.8 Å². The van der Waals surface area contributed by atoms with E-state index < -0.39 is 16.4 Å². The zero-order valence-corrected chi connectivity index (χ0v) is 19.2. The Morgan fingerprint density at radius 3 is 1.94 bits per heavy atom. The fourth-order valence-electron chi connectivity index (χ4n) is 3.17. The molecular weight excluding hydrogens is 451 g/mol. The number of para-hydroxylation sites is 1. The van der Waals surface area contributed by atoms with Gasteiger partial charge < -0.3 is 4.52 Å². The summed E-state index contributed by atoms with van der Waals surface area (Å²) in [7, 11) is 0. The van der Waals surface area contributed by atoms with E-state index in [4.69, 9.17) is 4.52 Å². The van der Waals surface area contributed by atoms with Crippen LogP contribution in [0.3, 0.4) is 0 Å². The standard InChI is InChI=1S/C22H21N2O6PS/c1-3-16-10-8-14-19(23(25)26)21(16)30-31(29,18-12-6-5-7-13-18)32-22-17(4-2)11-9-15-20(22)24(27)28/h5-15H,3-4H2,1-2H3. The molecule has 1 atom stereocenters. The number of nitro groups is 2. The van der Waals surface area contributed by atoms with Gasteiger partial charge in [0.05, 0.1) is 20.0 Å². The van der Waals surface area contributed by atoms with E-state index in [1.165, 1.54) is 12.1 Å². The number of nitro benzene ring substituents is 2. The molecule has 0 saturated heterocycles. The third kappa shape index (κ3) is 4.84. The molecule has 0 aromatic heterocycles. The Morgan fingerprint density at radius 2 is 1.38 bits per heavy atom. The molecule has 0 heterocycles. The van der Waals surface area contributed by atoms with Gasteiger partial charge in [0.2, 0.25) is 5.75 Å². The quantitative estimate of drug-likeness (QED) is 0.203. The summed E-state index contributed by atoms with van der Waals surface area (Å²) in [4.78, 5) is 22.5. The van der Waals surface area contributed by atoms with Gasteiger partial charge in [-0.1, -0.05) is 56.3 Å². The van der Waals surface area contributed by atoms with Crippen molar-refractivity contribution in [3.05, 3.63) is 98.1 Å². The Morgan fingerprint density at radius 1 is 0.812 bits per heavy atom. The van der Waals surface area contributed by atoms with Gasteiger partial charge in [-0.3, -0.25) is 24.8 Å². The van der Waals surface area contributed by atoms with Crippen LogP contribution in [0.4, 0.5) is 11.4 Å². The molecule has 3 aromatic rings. The van der Waals surface area contributed by atoms with Gasteiger partial charge >= 0.3 is 12.3 Å². The monoisotopic (exact) mass is 472 g/mol. The zero-order valence-electron chi connectivity index (χ0n) is 17.5. The molecule has 0 aliphatic carbocycles. The van der Waals surface area contributed by atoms with Crippen LogP contribution in [0.25, 0.3) is 0 Å². The van der Waals surface area contributed by atoms with Gasteiger partial charge in [-0.25, -0.2) is 0 Å². The molecule has 0 amide bonds. The minimum absolute atomic E-state index is 0.0867. The summed E-state index contributed by atoms with van der Waals surface area (Å²) in [5, 5.41) is 23.6. The summed E-state index contributed by atoms with van der Waals surface area (Å²) in [6.07, 6.45) is 0.895. The highest BCUT2D eigenvalue weighted by molar-refractivity contribution is 8.59. The SMILES string of the molecule is CCc1cccc([N+](=O)[O-])c1OP(=O)(Sc1c(CC)cccc1[N+](=O)[O-])c1ccccc1. The molecule has 166 valence electrons. The molecule has 0 saturated carbocycles. The number of rotatable bonds is 9. The molecule has 0 bridgehead atoms. The first-order valence-electron chi connectivity index (χ1n) is 9.88. The molecule has 32 heavy (non-hydrogen) atoms. The van der Waals surface area contributed by atoms with Crippen LogP contribution in [-0.2, 0) is 17.4 Å². The molecular formula is C22H21N2O6PS. The smallest absolute Gasteiger partial charge is 0.338 e. The van der Waals surface area contributed by atoms with Crippen LogP contribution < -0.4 is 9.83 Å². The first-order chi connectivity index (χ1) is 15.3. The van der Waals surface area contributed by atoms with Crippen LogP contribution in [0.15, 0.2) is 71.6 Å². The maximum atomic E-state index is 14.3. The first-order valence-corrected chi connectivity index (χ1v) is 12.9. The maximum absolute atomic E-state index is 14.3. The Kier molecular flexibility index (Phi) is 7.33. The van der Waals surface area contributed by atoms with Crippen LogP contribution in [-0.4, -0.2) is 9.85 Å². The Balaban J connectivity index is 2.22. The molecule has 3 rings (SSSR count). The number of hydrogen-bond acceptors (Lipinski definition) is 7. The third-order valence-corrected chi connectivity index (χ3v) is 9.17. The van der Waals surface area contributed by atoms with Crippen molar-refractivity contribution < 1.29 is 18.9 Å². The van der Waals surface area contributed by atoms with Crippen LogP contribution in [0, 0.1) is 20.2 Å². The lowest BCUT2D eigenvalue weighted by Crippen LogP contribution is -2.09. The number of hydrogen-bond donors (Lipinski definition) is 0. The van der Waals surface area contributed by atoms with Crippen molar-refractivity contribution >= 4 is 34.6 Å². The number of benzene rings is 3. The average Bonchev–Trinajstić information content (AvgIpc) is 2.79. The van der Waals surface area contributed by atoms with Gasteiger partial charge in [-0.2, -0.15) is 0 Å². The Hall–Kier alpha value is -3.16. The Bertz CT molecular complexity index is 1130. The highest BCUT2D eigenvalue weighted by Gasteiger charge is 2.36. The van der Waals surface area contributed by atoms with Crippen molar-refractivity contribution in [1.29, 1.82) is 0 Å². The number of aryl methyl sites for hydroxylation is 2. The van der Waals surface area contributed by atoms with Crippen molar-refractivity contribution in [3.8, 4) is 5.75 Å². The van der Waals surface area contributed by atoms with Gasteiger partial charge in [0.1, 0.15) is 0 Å². The summed E-state index contributed by atoms with van der Waals surface area (Å²) < 4.78 is 20.3. The van der Waals surface area contributed by atoms with Gasteiger partial charge in [-0.05, 0) is 41.9 Å². The van der Waals surface area contributed by atoms with Crippen molar-refractivity contribution in [2.45, 2.75) is 31.6 Å². The molecule has 0 aliphatic rings. The molecule has 10 heteroatoms. The summed E-state index contributed by atoms with van der Waals surface area (Å²) >= 11 is 0.754. The Labute approximate surface area is 189 Å². The lowest BCUT2D eigenvalue weighted by Gasteiger charge is -2.21. The van der Waals surface area contributed by atoms with Gasteiger partial charge in [-0.15, -0.1) is 0 Å². The highest BCUT2D eigenvalue weighted by Crippen LogP contribution is 2.64. The topological polar surface area (TPSA) is 113 Å². The summed E-state index contributed by atoms with van der Waals surface area (Å²) in [5.74, 6) is -0.0867. The second kappa shape index (κ2) is 9.97. The zero-order chi connectivity index (χ0) is 23.3. The molecule has 1 unspecified atom stereocenters. The van der Waals surface area contributed by atoms with Gasteiger partial charge in [0.15, 0.2) is 0 Å². The summed E-state index contributed by atoms with van der Waals surface area (Å²) in [6, 6.07) is 17.4. The second-order valence-corrected chi connectivity index (χ2v) is 11.0.